The monoisotopic (exact) mass is 335 g/mol. The molecule has 0 aliphatic heterocycles. The van der Waals surface area contributed by atoms with Crippen molar-refractivity contribution in [1.82, 2.24) is 4.31 Å². The molecule has 1 aromatic rings. The van der Waals surface area contributed by atoms with E-state index in [1.54, 1.807) is 38.5 Å². The summed E-state index contributed by atoms with van der Waals surface area (Å²) in [5.41, 5.74) is 0.605. The van der Waals surface area contributed by atoms with E-state index in [0.717, 1.165) is 0 Å². The Morgan fingerprint density at radius 1 is 1.10 bits per heavy atom. The second-order valence-corrected chi connectivity index (χ2v) is 6.66. The summed E-state index contributed by atoms with van der Waals surface area (Å²) in [5, 5.41) is 0. The van der Waals surface area contributed by atoms with Crippen molar-refractivity contribution in [2.75, 3.05) is 40.5 Å². The van der Waals surface area contributed by atoms with Crippen molar-refractivity contribution in [3.05, 3.63) is 29.8 Å². The van der Waals surface area contributed by atoms with Crippen LogP contribution in [0.15, 0.2) is 29.2 Å². The van der Waals surface area contributed by atoms with Gasteiger partial charge in [0.2, 0.25) is 10.0 Å². The van der Waals surface area contributed by atoms with Crippen molar-refractivity contribution < 1.29 is 17.9 Å². The minimum atomic E-state index is -3.58. The number of hydrogen-bond donors (Lipinski definition) is 0. The minimum Gasteiger partial charge on any atom is -0.385 e. The van der Waals surface area contributed by atoms with Gasteiger partial charge in [-0.25, -0.2) is 8.42 Å². The predicted octanol–water partition coefficient (Wildman–Crippen LogP) is 2.10. The van der Waals surface area contributed by atoms with Gasteiger partial charge in [-0.3, -0.25) is 0 Å². The molecule has 0 saturated heterocycles. The highest BCUT2D eigenvalue weighted by Gasteiger charge is 2.25. The Morgan fingerprint density at radius 3 is 2.38 bits per heavy atom. The second kappa shape index (κ2) is 9.38. The molecule has 0 amide bonds. The first-order valence-corrected chi connectivity index (χ1v) is 8.67. The number of methoxy groups -OCH3 is 2. The Balaban J connectivity index is 3.01. The highest BCUT2D eigenvalue weighted by atomic mass is 35.5. The number of benzene rings is 1. The third-order valence-electron chi connectivity index (χ3n) is 3.04. The third kappa shape index (κ3) is 5.23. The van der Waals surface area contributed by atoms with Crippen LogP contribution in [0, 0.1) is 0 Å². The molecule has 0 aliphatic carbocycles. The maximum absolute atomic E-state index is 12.8. The molecule has 1 aromatic carbocycles. The minimum absolute atomic E-state index is 0.158. The average Bonchev–Trinajstić information content (AvgIpc) is 2.50. The van der Waals surface area contributed by atoms with Crippen LogP contribution in [-0.2, 0) is 25.4 Å². The first kappa shape index (κ1) is 18.4. The fraction of sp³-hybridized carbons (Fsp3) is 0.571. The summed E-state index contributed by atoms with van der Waals surface area (Å²) in [6.07, 6.45) is 0.627. The quantitative estimate of drug-likeness (QED) is 0.485. The van der Waals surface area contributed by atoms with Crippen LogP contribution in [0.2, 0.25) is 0 Å². The molecule has 0 saturated carbocycles. The van der Waals surface area contributed by atoms with E-state index in [1.807, 2.05) is 0 Å². The lowest BCUT2D eigenvalue weighted by Gasteiger charge is -2.23. The van der Waals surface area contributed by atoms with Crippen molar-refractivity contribution in [1.29, 1.82) is 0 Å². The first-order valence-electron chi connectivity index (χ1n) is 6.69. The Hall–Kier alpha value is -0.660. The van der Waals surface area contributed by atoms with Crippen molar-refractivity contribution >= 4 is 21.6 Å². The molecule has 21 heavy (non-hydrogen) atoms. The van der Waals surface area contributed by atoms with Crippen molar-refractivity contribution in [3.8, 4) is 0 Å². The van der Waals surface area contributed by atoms with Crippen LogP contribution < -0.4 is 0 Å². The van der Waals surface area contributed by atoms with E-state index >= 15 is 0 Å². The topological polar surface area (TPSA) is 55.8 Å². The van der Waals surface area contributed by atoms with E-state index in [4.69, 9.17) is 21.1 Å². The highest BCUT2D eigenvalue weighted by Crippen LogP contribution is 2.21. The zero-order valence-electron chi connectivity index (χ0n) is 12.4. The van der Waals surface area contributed by atoms with Crippen molar-refractivity contribution in [3.63, 3.8) is 0 Å². The maximum Gasteiger partial charge on any atom is 0.243 e. The van der Waals surface area contributed by atoms with Gasteiger partial charge in [0.15, 0.2) is 0 Å². The van der Waals surface area contributed by atoms with Crippen LogP contribution in [0.3, 0.4) is 0 Å². The molecule has 120 valence electrons. The lowest BCUT2D eigenvalue weighted by atomic mass is 10.2. The average molecular weight is 336 g/mol. The number of sulfonamides is 1. The van der Waals surface area contributed by atoms with E-state index in [0.29, 0.717) is 38.3 Å². The van der Waals surface area contributed by atoms with Gasteiger partial charge in [-0.05, 0) is 18.1 Å². The van der Waals surface area contributed by atoms with Gasteiger partial charge in [0.1, 0.15) is 0 Å². The van der Waals surface area contributed by atoms with Crippen LogP contribution >= 0.6 is 11.6 Å². The molecule has 7 heteroatoms. The molecule has 0 aliphatic rings. The Morgan fingerprint density at radius 2 is 1.76 bits per heavy atom. The number of ether oxygens (including phenoxy) is 2. The van der Waals surface area contributed by atoms with Crippen LogP contribution in [0.1, 0.15) is 12.0 Å². The molecule has 5 nitrogen and oxygen atoms in total. The Labute approximate surface area is 131 Å². The van der Waals surface area contributed by atoms with E-state index in [9.17, 15) is 8.42 Å². The number of alkyl halides is 1. The van der Waals surface area contributed by atoms with E-state index in [2.05, 4.69) is 0 Å². The number of halogens is 1. The second-order valence-electron chi connectivity index (χ2n) is 4.48. The Kier molecular flexibility index (Phi) is 8.21. The molecule has 0 N–H and O–H groups in total. The van der Waals surface area contributed by atoms with Gasteiger partial charge in [-0.15, -0.1) is 11.6 Å². The standard InChI is InChI=1S/C14H22ClNO4S/c1-19-10-5-8-16(9-11-20-2)21(17,18)14-7-4-3-6-13(14)12-15/h3-4,6-7H,5,8-12H2,1-2H3. The number of rotatable bonds is 10. The van der Waals surface area contributed by atoms with Crippen LogP contribution in [-0.4, -0.2) is 53.2 Å². The van der Waals surface area contributed by atoms with Gasteiger partial charge in [0.25, 0.3) is 0 Å². The van der Waals surface area contributed by atoms with Crippen molar-refractivity contribution in [2.45, 2.75) is 17.2 Å². The lowest BCUT2D eigenvalue weighted by molar-refractivity contribution is 0.164. The lowest BCUT2D eigenvalue weighted by Crippen LogP contribution is -2.35. The molecule has 1 rings (SSSR count). The number of hydrogen-bond acceptors (Lipinski definition) is 4. The summed E-state index contributed by atoms with van der Waals surface area (Å²) in [6, 6.07) is 6.79. The summed E-state index contributed by atoms with van der Waals surface area (Å²) >= 11 is 5.85. The summed E-state index contributed by atoms with van der Waals surface area (Å²) in [7, 11) is -0.441. The first-order chi connectivity index (χ1) is 10.1. The zero-order valence-corrected chi connectivity index (χ0v) is 14.0. The largest absolute Gasteiger partial charge is 0.385 e. The maximum atomic E-state index is 12.8. The normalized spacial score (nSPS) is 12.0. The molecule has 0 unspecified atom stereocenters. The fourth-order valence-electron chi connectivity index (χ4n) is 1.94. The van der Waals surface area contributed by atoms with Crippen LogP contribution in [0.4, 0.5) is 0 Å². The van der Waals surface area contributed by atoms with Crippen molar-refractivity contribution in [2.24, 2.45) is 0 Å². The number of nitrogens with zero attached hydrogens (tertiary/aromatic N) is 1. The fourth-order valence-corrected chi connectivity index (χ4v) is 3.93. The molecule has 0 radical (unpaired) electrons. The summed E-state index contributed by atoms with van der Waals surface area (Å²) in [4.78, 5) is 0.258. The molecule has 0 bridgehead atoms. The van der Waals surface area contributed by atoms with Gasteiger partial charge < -0.3 is 9.47 Å². The van der Waals surface area contributed by atoms with E-state index in [-0.39, 0.29) is 10.8 Å². The molecule has 0 aromatic heterocycles. The van der Waals surface area contributed by atoms with Gasteiger partial charge in [0, 0.05) is 39.8 Å². The van der Waals surface area contributed by atoms with E-state index in [1.165, 1.54) is 4.31 Å². The molecule has 0 spiro atoms. The smallest absolute Gasteiger partial charge is 0.243 e. The molecule has 0 fully saturated rings. The van der Waals surface area contributed by atoms with Gasteiger partial charge in [0.05, 0.1) is 11.5 Å². The molecule has 0 heterocycles. The highest BCUT2D eigenvalue weighted by molar-refractivity contribution is 7.89. The van der Waals surface area contributed by atoms with Crippen LogP contribution in [0.25, 0.3) is 0 Å². The predicted molar refractivity (Wildman–Crippen MR) is 83.1 cm³/mol. The van der Waals surface area contributed by atoms with Gasteiger partial charge in [-0.2, -0.15) is 4.31 Å². The zero-order chi connectivity index (χ0) is 15.7. The third-order valence-corrected chi connectivity index (χ3v) is 5.32. The summed E-state index contributed by atoms with van der Waals surface area (Å²) in [6.45, 7) is 1.54. The van der Waals surface area contributed by atoms with Crippen LogP contribution in [0.5, 0.6) is 0 Å². The Bertz CT molecular complexity index is 521. The van der Waals surface area contributed by atoms with Gasteiger partial charge >= 0.3 is 0 Å². The molecular weight excluding hydrogens is 314 g/mol. The SMILES string of the molecule is COCCCN(CCOC)S(=O)(=O)c1ccccc1CCl. The summed E-state index contributed by atoms with van der Waals surface area (Å²) < 4.78 is 37.0. The van der Waals surface area contributed by atoms with Gasteiger partial charge in [-0.1, -0.05) is 18.2 Å². The molecular formula is C14H22ClNO4S. The molecule has 0 atom stereocenters. The summed E-state index contributed by atoms with van der Waals surface area (Å²) in [5.74, 6) is 0.158. The van der Waals surface area contributed by atoms with E-state index < -0.39 is 10.0 Å².